The molecule has 2 aromatic carbocycles. The Kier molecular flexibility index (Phi) is 4.73. The zero-order valence-electron chi connectivity index (χ0n) is 14.8. The Hall–Kier alpha value is -2.11. The van der Waals surface area contributed by atoms with Crippen molar-refractivity contribution in [2.75, 3.05) is 0 Å². The van der Waals surface area contributed by atoms with Crippen molar-refractivity contribution in [3.63, 3.8) is 0 Å². The molecule has 4 bridgehead atoms. The lowest BCUT2D eigenvalue weighted by Gasteiger charge is -2.15. The van der Waals surface area contributed by atoms with E-state index >= 15 is 0 Å². The van der Waals surface area contributed by atoms with Gasteiger partial charge in [-0.3, -0.25) is 4.79 Å². The van der Waals surface area contributed by atoms with E-state index in [-0.39, 0.29) is 0 Å². The highest BCUT2D eigenvalue weighted by Crippen LogP contribution is 2.23. The summed E-state index contributed by atoms with van der Waals surface area (Å²) in [4.78, 5) is 11.8. The molecule has 2 aromatic rings. The molecule has 0 spiro atoms. The van der Waals surface area contributed by atoms with Crippen LogP contribution in [0.4, 0.5) is 0 Å². The molecule has 0 heterocycles. The maximum Gasteiger partial charge on any atom is 0.151 e. The fraction of sp³-hybridized carbons (Fsp3) is 0.318. The molecule has 0 aliphatic heterocycles. The molecule has 0 saturated carbocycles. The number of benzene rings is 2. The first-order valence-corrected chi connectivity index (χ1v) is 12.2. The van der Waals surface area contributed by atoms with Gasteiger partial charge < -0.3 is 0 Å². The lowest BCUT2D eigenvalue weighted by Crippen LogP contribution is -2.16. The van der Waals surface area contributed by atoms with Crippen molar-refractivity contribution in [2.45, 2.75) is 45.3 Å². The van der Waals surface area contributed by atoms with Crippen LogP contribution >= 0.6 is 0 Å². The van der Waals surface area contributed by atoms with Gasteiger partial charge in [-0.15, -0.1) is 5.54 Å². The first-order chi connectivity index (χ1) is 11.5. The maximum absolute atomic E-state index is 11.8. The highest BCUT2D eigenvalue weighted by atomic mass is 28.3. The fourth-order valence-corrected chi connectivity index (χ4v) is 3.60. The van der Waals surface area contributed by atoms with E-state index in [0.29, 0.717) is 0 Å². The van der Waals surface area contributed by atoms with Gasteiger partial charge in [0.05, 0.1) is 0 Å². The molecular weight excluding hydrogens is 308 g/mol. The van der Waals surface area contributed by atoms with Crippen LogP contribution in [-0.2, 0) is 25.7 Å². The van der Waals surface area contributed by atoms with E-state index in [1.54, 1.807) is 0 Å². The van der Waals surface area contributed by atoms with Crippen LogP contribution in [0.2, 0.25) is 19.6 Å². The zero-order valence-corrected chi connectivity index (χ0v) is 15.8. The van der Waals surface area contributed by atoms with Crippen LogP contribution in [0.25, 0.3) is 0 Å². The minimum atomic E-state index is -1.48. The number of rotatable bonds is 1. The Bertz CT molecular complexity index is 814. The van der Waals surface area contributed by atoms with Crippen LogP contribution in [0.1, 0.15) is 38.2 Å². The summed E-state index contributed by atoms with van der Waals surface area (Å²) >= 11 is 0. The third-order valence-corrected chi connectivity index (χ3v) is 5.37. The van der Waals surface area contributed by atoms with Crippen molar-refractivity contribution in [1.82, 2.24) is 0 Å². The number of hydrogen-bond acceptors (Lipinski definition) is 1. The summed E-state index contributed by atoms with van der Waals surface area (Å²) in [6, 6.07) is 13.2. The molecule has 122 valence electrons. The van der Waals surface area contributed by atoms with E-state index in [1.807, 2.05) is 0 Å². The summed E-state index contributed by atoms with van der Waals surface area (Å²) in [5.41, 5.74) is 10.2. The zero-order chi connectivity index (χ0) is 17.2. The van der Waals surface area contributed by atoms with E-state index < -0.39 is 8.07 Å². The van der Waals surface area contributed by atoms with Gasteiger partial charge in [0.2, 0.25) is 0 Å². The molecular formula is C22H24OSi. The van der Waals surface area contributed by atoms with Gasteiger partial charge in [-0.2, -0.15) is 0 Å². The van der Waals surface area contributed by atoms with Crippen LogP contribution in [0.3, 0.4) is 0 Å². The van der Waals surface area contributed by atoms with Gasteiger partial charge in [0.15, 0.2) is 6.29 Å². The van der Waals surface area contributed by atoms with Crippen molar-refractivity contribution < 1.29 is 4.79 Å². The highest BCUT2D eigenvalue weighted by Gasteiger charge is 2.14. The maximum atomic E-state index is 11.8. The van der Waals surface area contributed by atoms with Crippen molar-refractivity contribution in [2.24, 2.45) is 0 Å². The van der Waals surface area contributed by atoms with Crippen LogP contribution < -0.4 is 0 Å². The fourth-order valence-electron chi connectivity index (χ4n) is 3.10. The van der Waals surface area contributed by atoms with Crippen LogP contribution in [0.5, 0.6) is 0 Å². The highest BCUT2D eigenvalue weighted by molar-refractivity contribution is 6.83. The third kappa shape index (κ3) is 3.86. The van der Waals surface area contributed by atoms with Gasteiger partial charge in [-0.25, -0.2) is 0 Å². The van der Waals surface area contributed by atoms with E-state index in [4.69, 9.17) is 0 Å². The van der Waals surface area contributed by atoms with Crippen LogP contribution in [0, 0.1) is 11.5 Å². The quantitative estimate of drug-likeness (QED) is 0.423. The lowest BCUT2D eigenvalue weighted by molar-refractivity contribution is 0.112. The second-order valence-electron chi connectivity index (χ2n) is 7.61. The van der Waals surface area contributed by atoms with Crippen LogP contribution in [0.15, 0.2) is 36.4 Å². The van der Waals surface area contributed by atoms with Gasteiger partial charge >= 0.3 is 0 Å². The predicted octanol–water partition coefficient (Wildman–Crippen LogP) is 4.61. The average molecular weight is 333 g/mol. The van der Waals surface area contributed by atoms with Gasteiger partial charge in [0.1, 0.15) is 8.07 Å². The summed E-state index contributed by atoms with van der Waals surface area (Å²) in [6.45, 7) is 6.72. The largest absolute Gasteiger partial charge is 0.298 e. The molecule has 0 aromatic heterocycles. The molecule has 0 saturated heterocycles. The van der Waals surface area contributed by atoms with E-state index in [0.717, 1.165) is 48.7 Å². The normalized spacial score (nSPS) is 13.6. The molecule has 0 unspecified atom stereocenters. The van der Waals surface area contributed by atoms with Crippen LogP contribution in [-0.4, -0.2) is 14.4 Å². The molecule has 0 radical (unpaired) electrons. The molecule has 4 aliphatic carbocycles. The van der Waals surface area contributed by atoms with Crippen molar-refractivity contribution in [3.05, 3.63) is 69.8 Å². The average Bonchev–Trinajstić information content (AvgIpc) is 2.54. The van der Waals surface area contributed by atoms with E-state index in [9.17, 15) is 4.79 Å². The molecule has 0 N–H and O–H groups in total. The Labute approximate surface area is 146 Å². The van der Waals surface area contributed by atoms with Gasteiger partial charge in [0, 0.05) is 11.1 Å². The Morgan fingerprint density at radius 2 is 1.38 bits per heavy atom. The Morgan fingerprint density at radius 1 is 0.833 bits per heavy atom. The molecule has 4 aliphatic rings. The van der Waals surface area contributed by atoms with Gasteiger partial charge in [0.25, 0.3) is 0 Å². The summed E-state index contributed by atoms with van der Waals surface area (Å²) in [5.74, 6) is 3.39. The molecule has 24 heavy (non-hydrogen) atoms. The van der Waals surface area contributed by atoms with E-state index in [2.05, 4.69) is 67.5 Å². The summed E-state index contributed by atoms with van der Waals surface area (Å²) in [5, 5.41) is 0. The number of hydrogen-bond donors (Lipinski definition) is 0. The van der Waals surface area contributed by atoms with E-state index in [1.165, 1.54) is 16.7 Å². The molecule has 0 fully saturated rings. The number of carbonyl (C=O) groups is 1. The molecule has 2 heteroatoms. The molecule has 1 nitrogen and oxygen atoms in total. The summed E-state index contributed by atoms with van der Waals surface area (Å²) < 4.78 is 0. The third-order valence-electron chi connectivity index (χ3n) is 4.49. The smallest absolute Gasteiger partial charge is 0.151 e. The topological polar surface area (TPSA) is 17.1 Å². The predicted molar refractivity (Wildman–Crippen MR) is 103 cm³/mol. The second kappa shape index (κ2) is 6.79. The Balaban J connectivity index is 2.12. The minimum Gasteiger partial charge on any atom is -0.298 e. The first kappa shape index (κ1) is 16.7. The molecule has 0 atom stereocenters. The number of aryl methyl sites for hydroxylation is 4. The summed E-state index contributed by atoms with van der Waals surface area (Å²) in [6.07, 6.45) is 4.77. The standard InChI is InChI=1S/C22H24OSi/c1-24(2,3)15-14-21-19-10-8-17-4-6-18(7-5-17)9-11-20(13-12-19)22(21)16-23/h4-7,12-13,16H,8-11H2,1-3H3. The SMILES string of the molecule is C[Si](C)(C)C#Cc1c2ccc(c1C=O)CCc1ccc(cc1)CC2. The minimum absolute atomic E-state index is 0.813. The van der Waals surface area contributed by atoms with Crippen molar-refractivity contribution >= 4 is 14.4 Å². The number of aldehydes is 1. The lowest BCUT2D eigenvalue weighted by atomic mass is 9.89. The van der Waals surface area contributed by atoms with Crippen molar-refractivity contribution in [3.8, 4) is 11.5 Å². The first-order valence-electron chi connectivity index (χ1n) is 8.67. The van der Waals surface area contributed by atoms with Gasteiger partial charge in [-0.05, 0) is 47.9 Å². The van der Waals surface area contributed by atoms with Crippen molar-refractivity contribution in [1.29, 1.82) is 0 Å². The molecule has 6 rings (SSSR count). The monoisotopic (exact) mass is 332 g/mol. The molecule has 0 amide bonds. The Morgan fingerprint density at radius 3 is 1.92 bits per heavy atom. The second-order valence-corrected chi connectivity index (χ2v) is 12.4. The number of carbonyl (C=O) groups excluding carboxylic acids is 1. The summed E-state index contributed by atoms with van der Waals surface area (Å²) in [7, 11) is -1.48. The van der Waals surface area contributed by atoms with Gasteiger partial charge in [-0.1, -0.05) is 62.0 Å².